The molecule has 3 atom stereocenters. The Bertz CT molecular complexity index is 1070. The van der Waals surface area contributed by atoms with E-state index < -0.39 is 23.4 Å². The van der Waals surface area contributed by atoms with E-state index in [9.17, 15) is 13.2 Å². The van der Waals surface area contributed by atoms with E-state index in [2.05, 4.69) is 27.8 Å². The van der Waals surface area contributed by atoms with Gasteiger partial charge in [-0.15, -0.1) is 0 Å². The lowest BCUT2D eigenvalue weighted by Crippen LogP contribution is -2.55. The maximum absolute atomic E-state index is 13.3. The summed E-state index contributed by atoms with van der Waals surface area (Å²) >= 11 is 0. The third kappa shape index (κ3) is 5.77. The van der Waals surface area contributed by atoms with Gasteiger partial charge in [-0.2, -0.15) is 13.2 Å². The minimum atomic E-state index is -4.38. The molecular formula is C27H30F3N3O. The first-order chi connectivity index (χ1) is 16.2. The van der Waals surface area contributed by atoms with E-state index in [-0.39, 0.29) is 6.04 Å². The van der Waals surface area contributed by atoms with E-state index in [1.165, 1.54) is 12.1 Å². The SMILES string of the molecule is Cc1cc([C@@H](C)OC[C@@]2(c3ccccc3)CCC(Nc3ccccn3)CN2)cc(C(F)(F)F)c1. The molecule has 2 aromatic carbocycles. The van der Waals surface area contributed by atoms with Gasteiger partial charge in [0.1, 0.15) is 5.82 Å². The Labute approximate surface area is 198 Å². The van der Waals surface area contributed by atoms with Gasteiger partial charge in [0.25, 0.3) is 0 Å². The monoisotopic (exact) mass is 469 g/mol. The molecule has 1 fully saturated rings. The number of anilines is 1. The average molecular weight is 470 g/mol. The molecule has 1 unspecified atom stereocenters. The van der Waals surface area contributed by atoms with E-state index in [4.69, 9.17) is 4.74 Å². The molecule has 34 heavy (non-hydrogen) atoms. The van der Waals surface area contributed by atoms with Gasteiger partial charge in [-0.25, -0.2) is 4.98 Å². The van der Waals surface area contributed by atoms with Gasteiger partial charge in [0.05, 0.1) is 23.8 Å². The highest BCUT2D eigenvalue weighted by atomic mass is 19.4. The van der Waals surface area contributed by atoms with E-state index in [1.54, 1.807) is 19.2 Å². The summed E-state index contributed by atoms with van der Waals surface area (Å²) < 4.78 is 46.1. The number of aromatic nitrogens is 1. The zero-order valence-electron chi connectivity index (χ0n) is 19.4. The van der Waals surface area contributed by atoms with E-state index in [0.29, 0.717) is 24.3 Å². The quantitative estimate of drug-likeness (QED) is 0.430. The predicted octanol–water partition coefficient (Wildman–Crippen LogP) is 6.25. The predicted molar refractivity (Wildman–Crippen MR) is 128 cm³/mol. The summed E-state index contributed by atoms with van der Waals surface area (Å²) in [6.07, 6.45) is -1.38. The Morgan fingerprint density at radius 3 is 2.53 bits per heavy atom. The molecule has 0 aliphatic carbocycles. The second-order valence-electron chi connectivity index (χ2n) is 9.01. The van der Waals surface area contributed by atoms with Crippen LogP contribution >= 0.6 is 0 Å². The van der Waals surface area contributed by atoms with Gasteiger partial charge in [-0.05, 0) is 62.1 Å². The second kappa shape index (κ2) is 10.2. The number of alkyl halides is 3. The van der Waals surface area contributed by atoms with Crippen molar-refractivity contribution in [3.8, 4) is 0 Å². The number of aryl methyl sites for hydroxylation is 1. The number of hydrogen-bond acceptors (Lipinski definition) is 4. The molecule has 180 valence electrons. The van der Waals surface area contributed by atoms with Gasteiger partial charge in [-0.1, -0.05) is 48.0 Å². The van der Waals surface area contributed by atoms with Gasteiger partial charge in [0.15, 0.2) is 0 Å². The van der Waals surface area contributed by atoms with Crippen LogP contribution in [0.4, 0.5) is 19.0 Å². The maximum Gasteiger partial charge on any atom is 0.416 e. The van der Waals surface area contributed by atoms with Crippen LogP contribution in [0.15, 0.2) is 72.9 Å². The first-order valence-corrected chi connectivity index (χ1v) is 11.5. The molecule has 3 aromatic rings. The Morgan fingerprint density at radius 2 is 1.88 bits per heavy atom. The normalized spacial score (nSPS) is 21.7. The van der Waals surface area contributed by atoms with E-state index in [1.807, 2.05) is 43.3 Å². The standard InChI is InChI=1S/C27H30F3N3O/c1-19-14-21(16-23(15-19)27(28,29)30)20(2)34-18-26(22-8-4-3-5-9-22)12-11-24(17-32-26)33-25-10-6-7-13-31-25/h3-10,13-16,20,24,32H,11-12,17-18H2,1-2H3,(H,31,33)/t20-,24?,26-/m1/s1. The third-order valence-corrected chi connectivity index (χ3v) is 6.43. The molecule has 1 aliphatic rings. The van der Waals surface area contributed by atoms with Crippen molar-refractivity contribution in [2.45, 2.75) is 50.6 Å². The molecule has 7 heteroatoms. The van der Waals surface area contributed by atoms with Crippen LogP contribution in [-0.4, -0.2) is 24.2 Å². The molecule has 2 heterocycles. The minimum Gasteiger partial charge on any atom is -0.372 e. The van der Waals surface area contributed by atoms with Crippen LogP contribution in [0.5, 0.6) is 0 Å². The Balaban J connectivity index is 1.48. The largest absolute Gasteiger partial charge is 0.416 e. The van der Waals surface area contributed by atoms with Crippen molar-refractivity contribution in [2.24, 2.45) is 0 Å². The fourth-order valence-electron chi connectivity index (χ4n) is 4.49. The van der Waals surface area contributed by atoms with Gasteiger partial charge < -0.3 is 15.4 Å². The molecule has 4 nitrogen and oxygen atoms in total. The lowest BCUT2D eigenvalue weighted by atomic mass is 9.81. The van der Waals surface area contributed by atoms with Crippen LogP contribution in [0.1, 0.15) is 48.1 Å². The molecular weight excluding hydrogens is 439 g/mol. The van der Waals surface area contributed by atoms with Crippen LogP contribution in [0.25, 0.3) is 0 Å². The maximum atomic E-state index is 13.3. The summed E-state index contributed by atoms with van der Waals surface area (Å²) in [6.45, 7) is 4.55. The molecule has 1 aromatic heterocycles. The molecule has 0 saturated carbocycles. The minimum absolute atomic E-state index is 0.218. The van der Waals surface area contributed by atoms with Crippen LogP contribution in [0, 0.1) is 6.92 Å². The van der Waals surface area contributed by atoms with Crippen molar-refractivity contribution < 1.29 is 17.9 Å². The molecule has 4 rings (SSSR count). The van der Waals surface area contributed by atoms with Crippen molar-refractivity contribution in [2.75, 3.05) is 18.5 Å². The van der Waals surface area contributed by atoms with Gasteiger partial charge in [-0.3, -0.25) is 0 Å². The summed E-state index contributed by atoms with van der Waals surface area (Å²) in [5.41, 5.74) is 1.14. The number of benzene rings is 2. The smallest absolute Gasteiger partial charge is 0.372 e. The first-order valence-electron chi connectivity index (χ1n) is 11.5. The van der Waals surface area contributed by atoms with Gasteiger partial charge >= 0.3 is 6.18 Å². The highest BCUT2D eigenvalue weighted by Crippen LogP contribution is 2.35. The lowest BCUT2D eigenvalue weighted by molar-refractivity contribution is -0.137. The summed E-state index contributed by atoms with van der Waals surface area (Å²) in [4.78, 5) is 4.35. The van der Waals surface area contributed by atoms with Crippen molar-refractivity contribution in [3.63, 3.8) is 0 Å². The zero-order valence-corrected chi connectivity index (χ0v) is 19.4. The first kappa shape index (κ1) is 24.2. The van der Waals surface area contributed by atoms with Crippen molar-refractivity contribution in [1.82, 2.24) is 10.3 Å². The number of rotatable bonds is 7. The fourth-order valence-corrected chi connectivity index (χ4v) is 4.49. The fraction of sp³-hybridized carbons (Fsp3) is 0.370. The number of halogens is 3. The van der Waals surface area contributed by atoms with Crippen molar-refractivity contribution in [3.05, 3.63) is 95.2 Å². The van der Waals surface area contributed by atoms with Gasteiger partial charge in [0.2, 0.25) is 0 Å². The summed E-state index contributed by atoms with van der Waals surface area (Å²) in [5, 5.41) is 7.14. The molecule has 0 spiro atoms. The Hall–Kier alpha value is -2.90. The zero-order chi connectivity index (χ0) is 24.2. The summed E-state index contributed by atoms with van der Waals surface area (Å²) in [5.74, 6) is 0.839. The molecule has 0 radical (unpaired) electrons. The topological polar surface area (TPSA) is 46.2 Å². The number of piperidine rings is 1. The van der Waals surface area contributed by atoms with E-state index >= 15 is 0 Å². The molecule has 0 bridgehead atoms. The molecule has 1 saturated heterocycles. The number of hydrogen-bond donors (Lipinski definition) is 2. The Morgan fingerprint density at radius 1 is 1.12 bits per heavy atom. The number of pyridine rings is 1. The van der Waals surface area contributed by atoms with Crippen molar-refractivity contribution >= 4 is 5.82 Å². The number of ether oxygens (including phenoxy) is 1. The van der Waals surface area contributed by atoms with E-state index in [0.717, 1.165) is 24.2 Å². The molecule has 1 aliphatic heterocycles. The molecule has 0 amide bonds. The van der Waals surface area contributed by atoms with Crippen LogP contribution in [-0.2, 0) is 16.5 Å². The third-order valence-electron chi connectivity index (χ3n) is 6.43. The summed E-state index contributed by atoms with van der Waals surface area (Å²) in [6, 6.07) is 20.2. The average Bonchev–Trinajstić information content (AvgIpc) is 2.84. The highest BCUT2D eigenvalue weighted by molar-refractivity contribution is 5.36. The highest BCUT2D eigenvalue weighted by Gasteiger charge is 2.38. The summed E-state index contributed by atoms with van der Waals surface area (Å²) in [7, 11) is 0. The lowest BCUT2D eigenvalue weighted by Gasteiger charge is -2.42. The number of nitrogens with zero attached hydrogens (tertiary/aromatic N) is 1. The second-order valence-corrected chi connectivity index (χ2v) is 9.01. The van der Waals surface area contributed by atoms with Crippen LogP contribution in [0.2, 0.25) is 0 Å². The van der Waals surface area contributed by atoms with Crippen LogP contribution < -0.4 is 10.6 Å². The number of nitrogens with one attached hydrogen (secondary N) is 2. The Kier molecular flexibility index (Phi) is 7.24. The van der Waals surface area contributed by atoms with Crippen molar-refractivity contribution in [1.29, 1.82) is 0 Å². The molecule has 2 N–H and O–H groups in total. The van der Waals surface area contributed by atoms with Crippen LogP contribution in [0.3, 0.4) is 0 Å². The van der Waals surface area contributed by atoms with Gasteiger partial charge in [0, 0.05) is 18.8 Å².